The van der Waals surface area contributed by atoms with Gasteiger partial charge in [-0.2, -0.15) is 0 Å². The molecule has 0 fully saturated rings. The van der Waals surface area contributed by atoms with Gasteiger partial charge in [0, 0.05) is 27.1 Å². The van der Waals surface area contributed by atoms with Crippen molar-refractivity contribution in [3.63, 3.8) is 0 Å². The van der Waals surface area contributed by atoms with E-state index in [-0.39, 0.29) is 11.6 Å². The molecular weight excluding hydrogens is 397 g/mol. The normalized spacial score (nSPS) is 11.1. The second kappa shape index (κ2) is 4.85. The first-order chi connectivity index (χ1) is 9.06. The average molecular weight is 403 g/mol. The molecule has 2 nitrogen and oxygen atoms in total. The smallest absolute Gasteiger partial charge is 0.205 e. The number of ketones is 1. The number of thiophene rings is 1. The molecule has 0 bridgehead atoms. The Balaban J connectivity index is 2.11. The summed E-state index contributed by atoms with van der Waals surface area (Å²) < 4.78 is 14.8. The predicted molar refractivity (Wildman–Crippen MR) is 81.4 cm³/mol. The van der Waals surface area contributed by atoms with Gasteiger partial charge in [-0.15, -0.1) is 11.3 Å². The SMILES string of the molecule is O=C(c1cc(Br)c(Br)s1)c1c[nH]c2cc(F)ccc12. The molecule has 6 heteroatoms. The van der Waals surface area contributed by atoms with Crippen LogP contribution in [-0.4, -0.2) is 10.8 Å². The molecule has 0 aliphatic carbocycles. The van der Waals surface area contributed by atoms with Gasteiger partial charge in [0.2, 0.25) is 5.78 Å². The molecule has 3 aromatic rings. The number of carbonyl (C=O) groups excluding carboxylic acids is 1. The van der Waals surface area contributed by atoms with E-state index in [9.17, 15) is 9.18 Å². The Morgan fingerprint density at radius 2 is 2.05 bits per heavy atom. The van der Waals surface area contributed by atoms with Crippen LogP contribution in [0, 0.1) is 5.82 Å². The summed E-state index contributed by atoms with van der Waals surface area (Å²) in [5.74, 6) is -0.399. The molecule has 0 aliphatic rings. The molecule has 0 amide bonds. The third kappa shape index (κ3) is 2.28. The molecule has 19 heavy (non-hydrogen) atoms. The Morgan fingerprint density at radius 3 is 2.74 bits per heavy atom. The van der Waals surface area contributed by atoms with Crippen LogP contribution in [0.4, 0.5) is 4.39 Å². The van der Waals surface area contributed by atoms with Crippen LogP contribution in [0.15, 0.2) is 38.7 Å². The van der Waals surface area contributed by atoms with Gasteiger partial charge in [0.1, 0.15) is 5.82 Å². The topological polar surface area (TPSA) is 32.9 Å². The minimum absolute atomic E-state index is 0.0748. The van der Waals surface area contributed by atoms with Crippen LogP contribution >= 0.6 is 43.2 Å². The maximum atomic E-state index is 13.1. The van der Waals surface area contributed by atoms with Gasteiger partial charge in [0.15, 0.2) is 0 Å². The summed E-state index contributed by atoms with van der Waals surface area (Å²) in [6.45, 7) is 0. The van der Waals surface area contributed by atoms with Crippen molar-refractivity contribution < 1.29 is 9.18 Å². The molecule has 0 unspecified atom stereocenters. The van der Waals surface area contributed by atoms with Gasteiger partial charge in [-0.3, -0.25) is 4.79 Å². The van der Waals surface area contributed by atoms with E-state index in [2.05, 4.69) is 36.8 Å². The first-order valence-electron chi connectivity index (χ1n) is 5.32. The fraction of sp³-hybridized carbons (Fsp3) is 0. The lowest BCUT2D eigenvalue weighted by Gasteiger charge is -1.96. The van der Waals surface area contributed by atoms with E-state index >= 15 is 0 Å². The fourth-order valence-corrected chi connectivity index (χ4v) is 3.87. The number of rotatable bonds is 2. The highest BCUT2D eigenvalue weighted by molar-refractivity contribution is 9.13. The van der Waals surface area contributed by atoms with Gasteiger partial charge in [-0.05, 0) is 56.1 Å². The van der Waals surface area contributed by atoms with E-state index in [0.717, 1.165) is 13.6 Å². The molecule has 96 valence electrons. The zero-order chi connectivity index (χ0) is 13.6. The van der Waals surface area contributed by atoms with Crippen molar-refractivity contribution in [3.05, 3.63) is 55.0 Å². The highest BCUT2D eigenvalue weighted by atomic mass is 79.9. The minimum Gasteiger partial charge on any atom is -0.360 e. The van der Waals surface area contributed by atoms with Crippen molar-refractivity contribution in [2.24, 2.45) is 0 Å². The van der Waals surface area contributed by atoms with Crippen molar-refractivity contribution in [1.82, 2.24) is 4.98 Å². The van der Waals surface area contributed by atoms with Crippen molar-refractivity contribution in [3.8, 4) is 0 Å². The average Bonchev–Trinajstić information content (AvgIpc) is 2.93. The number of carbonyl (C=O) groups is 1. The van der Waals surface area contributed by atoms with Crippen molar-refractivity contribution in [2.75, 3.05) is 0 Å². The molecule has 0 spiro atoms. The van der Waals surface area contributed by atoms with Crippen LogP contribution in [0.25, 0.3) is 10.9 Å². The summed E-state index contributed by atoms with van der Waals surface area (Å²) in [4.78, 5) is 16.0. The fourth-order valence-electron chi connectivity index (χ4n) is 1.88. The number of aromatic amines is 1. The van der Waals surface area contributed by atoms with E-state index in [4.69, 9.17) is 0 Å². The Morgan fingerprint density at radius 1 is 1.26 bits per heavy atom. The molecule has 0 atom stereocenters. The zero-order valence-electron chi connectivity index (χ0n) is 9.34. The molecule has 1 aromatic carbocycles. The summed E-state index contributed by atoms with van der Waals surface area (Å²) in [6.07, 6.45) is 1.62. The molecule has 1 N–H and O–H groups in total. The largest absolute Gasteiger partial charge is 0.360 e. The van der Waals surface area contributed by atoms with E-state index in [1.54, 1.807) is 18.3 Å². The van der Waals surface area contributed by atoms with E-state index < -0.39 is 0 Å². The van der Waals surface area contributed by atoms with Gasteiger partial charge >= 0.3 is 0 Å². The standard InChI is InChI=1S/C13H6Br2FNOS/c14-9-4-11(19-13(9)15)12(18)8-5-17-10-3-6(16)1-2-7(8)10/h1-5,17H. The first kappa shape index (κ1) is 13.0. The Bertz CT molecular complexity index is 774. The van der Waals surface area contributed by atoms with Gasteiger partial charge in [-0.25, -0.2) is 4.39 Å². The number of hydrogen-bond acceptors (Lipinski definition) is 2. The van der Waals surface area contributed by atoms with Gasteiger partial charge < -0.3 is 4.98 Å². The molecule has 0 saturated carbocycles. The Kier molecular flexibility index (Phi) is 3.32. The van der Waals surface area contributed by atoms with Gasteiger partial charge in [-0.1, -0.05) is 0 Å². The highest BCUT2D eigenvalue weighted by Gasteiger charge is 2.17. The number of fused-ring (bicyclic) bond motifs is 1. The third-order valence-electron chi connectivity index (χ3n) is 2.76. The monoisotopic (exact) mass is 401 g/mol. The maximum Gasteiger partial charge on any atom is 0.205 e. The quantitative estimate of drug-likeness (QED) is 0.592. The van der Waals surface area contributed by atoms with Crippen LogP contribution in [0.5, 0.6) is 0 Å². The summed E-state index contributed by atoms with van der Waals surface area (Å²) in [5.41, 5.74) is 1.18. The number of benzene rings is 1. The van der Waals surface area contributed by atoms with Crippen LogP contribution in [-0.2, 0) is 0 Å². The van der Waals surface area contributed by atoms with Crippen LogP contribution < -0.4 is 0 Å². The summed E-state index contributed by atoms with van der Waals surface area (Å²) in [5, 5.41) is 0.729. The van der Waals surface area contributed by atoms with E-state index in [1.807, 2.05) is 0 Å². The Labute approximate surface area is 128 Å². The molecular formula is C13H6Br2FNOS. The van der Waals surface area contributed by atoms with Crippen molar-refractivity contribution in [1.29, 1.82) is 0 Å². The minimum atomic E-state index is -0.324. The molecule has 0 radical (unpaired) electrons. The predicted octanol–water partition coefficient (Wildman–Crippen LogP) is 5.12. The van der Waals surface area contributed by atoms with Gasteiger partial charge in [0.05, 0.1) is 8.66 Å². The number of aromatic nitrogens is 1. The number of H-pyrrole nitrogens is 1. The second-order valence-corrected chi connectivity index (χ2v) is 7.18. The van der Waals surface area contributed by atoms with Crippen molar-refractivity contribution >= 4 is 59.9 Å². The molecule has 2 heterocycles. The molecule has 0 aliphatic heterocycles. The first-order valence-corrected chi connectivity index (χ1v) is 7.72. The zero-order valence-corrected chi connectivity index (χ0v) is 13.3. The second-order valence-electron chi connectivity index (χ2n) is 3.95. The van der Waals surface area contributed by atoms with Crippen molar-refractivity contribution in [2.45, 2.75) is 0 Å². The van der Waals surface area contributed by atoms with Crippen LogP contribution in [0.1, 0.15) is 15.2 Å². The lowest BCUT2D eigenvalue weighted by atomic mass is 10.1. The summed E-state index contributed by atoms with van der Waals surface area (Å²) in [7, 11) is 0. The van der Waals surface area contributed by atoms with E-state index in [1.165, 1.54) is 23.5 Å². The molecule has 0 saturated heterocycles. The van der Waals surface area contributed by atoms with Crippen LogP contribution in [0.3, 0.4) is 0 Å². The lowest BCUT2D eigenvalue weighted by Crippen LogP contribution is -1.96. The summed E-state index contributed by atoms with van der Waals surface area (Å²) >= 11 is 8.09. The number of hydrogen-bond donors (Lipinski definition) is 1. The lowest BCUT2D eigenvalue weighted by molar-refractivity contribution is 0.104. The number of halogens is 3. The number of nitrogens with one attached hydrogen (secondary N) is 1. The van der Waals surface area contributed by atoms with Gasteiger partial charge in [0.25, 0.3) is 0 Å². The molecule has 2 aromatic heterocycles. The highest BCUT2D eigenvalue weighted by Crippen LogP contribution is 2.34. The van der Waals surface area contributed by atoms with Crippen LogP contribution in [0.2, 0.25) is 0 Å². The summed E-state index contributed by atoms with van der Waals surface area (Å²) in [6, 6.07) is 6.13. The Hall–Kier alpha value is -0.980. The third-order valence-corrected chi connectivity index (χ3v) is 6.01. The molecule has 3 rings (SSSR count). The maximum absolute atomic E-state index is 13.1. The van der Waals surface area contributed by atoms with E-state index in [0.29, 0.717) is 16.0 Å².